The standard InChI is InChI=1S/C19H24BrN/c1-4-17-12-18(20)9-10-19(17)21-13-16-7-5-15(6-8-16)11-14(2)3/h5-10,12,14,21H,4,11,13H2,1-3H3. The summed E-state index contributed by atoms with van der Waals surface area (Å²) >= 11 is 3.53. The second-order valence-electron chi connectivity index (χ2n) is 5.92. The SMILES string of the molecule is CCc1cc(Br)ccc1NCc1ccc(CC(C)C)cc1. The molecule has 2 aromatic rings. The van der Waals surface area contributed by atoms with Crippen molar-refractivity contribution in [3.63, 3.8) is 0 Å². The Bertz CT molecular complexity index is 573. The highest BCUT2D eigenvalue weighted by atomic mass is 79.9. The lowest BCUT2D eigenvalue weighted by Crippen LogP contribution is -2.02. The molecule has 1 nitrogen and oxygen atoms in total. The molecule has 2 aromatic carbocycles. The lowest BCUT2D eigenvalue weighted by molar-refractivity contribution is 0.647. The van der Waals surface area contributed by atoms with Crippen LogP contribution in [0.1, 0.15) is 37.5 Å². The minimum Gasteiger partial charge on any atom is -0.381 e. The van der Waals surface area contributed by atoms with Gasteiger partial charge in [-0.25, -0.2) is 0 Å². The van der Waals surface area contributed by atoms with Gasteiger partial charge < -0.3 is 5.32 Å². The zero-order chi connectivity index (χ0) is 15.2. The van der Waals surface area contributed by atoms with Crippen molar-refractivity contribution in [1.82, 2.24) is 0 Å². The summed E-state index contributed by atoms with van der Waals surface area (Å²) < 4.78 is 1.14. The molecule has 0 aliphatic heterocycles. The second-order valence-corrected chi connectivity index (χ2v) is 6.84. The van der Waals surface area contributed by atoms with E-state index in [2.05, 4.69) is 84.5 Å². The minimum absolute atomic E-state index is 0.712. The highest BCUT2D eigenvalue weighted by molar-refractivity contribution is 9.10. The van der Waals surface area contributed by atoms with Crippen LogP contribution < -0.4 is 5.32 Å². The molecule has 112 valence electrons. The summed E-state index contributed by atoms with van der Waals surface area (Å²) in [6.07, 6.45) is 2.19. The van der Waals surface area contributed by atoms with E-state index < -0.39 is 0 Å². The first kappa shape index (κ1) is 16.1. The smallest absolute Gasteiger partial charge is 0.0400 e. The fourth-order valence-corrected chi connectivity index (χ4v) is 2.90. The Balaban J connectivity index is 2.00. The van der Waals surface area contributed by atoms with Crippen LogP contribution in [0, 0.1) is 5.92 Å². The Labute approximate surface area is 136 Å². The van der Waals surface area contributed by atoms with Crippen molar-refractivity contribution < 1.29 is 0 Å². The average molecular weight is 346 g/mol. The van der Waals surface area contributed by atoms with Gasteiger partial charge >= 0.3 is 0 Å². The fraction of sp³-hybridized carbons (Fsp3) is 0.368. The minimum atomic E-state index is 0.712. The maximum absolute atomic E-state index is 3.55. The van der Waals surface area contributed by atoms with Crippen LogP contribution in [0.25, 0.3) is 0 Å². The van der Waals surface area contributed by atoms with Crippen LogP contribution in [0.4, 0.5) is 5.69 Å². The summed E-state index contributed by atoms with van der Waals surface area (Å²) in [5.74, 6) is 0.712. The van der Waals surface area contributed by atoms with Gasteiger partial charge in [-0.1, -0.05) is 61.0 Å². The van der Waals surface area contributed by atoms with Crippen LogP contribution in [0.15, 0.2) is 46.9 Å². The Hall–Kier alpha value is -1.28. The van der Waals surface area contributed by atoms with Gasteiger partial charge in [0.2, 0.25) is 0 Å². The van der Waals surface area contributed by atoms with Crippen molar-refractivity contribution in [2.45, 2.75) is 40.2 Å². The molecule has 0 aliphatic carbocycles. The van der Waals surface area contributed by atoms with Gasteiger partial charge in [0.25, 0.3) is 0 Å². The molecule has 0 saturated carbocycles. The third-order valence-electron chi connectivity index (χ3n) is 3.60. The molecule has 0 radical (unpaired) electrons. The molecule has 21 heavy (non-hydrogen) atoms. The number of hydrogen-bond donors (Lipinski definition) is 1. The summed E-state index contributed by atoms with van der Waals surface area (Å²) in [7, 11) is 0. The molecule has 0 heterocycles. The normalized spacial score (nSPS) is 10.9. The van der Waals surface area contributed by atoms with E-state index in [1.807, 2.05) is 0 Å². The summed E-state index contributed by atoms with van der Waals surface area (Å²) in [5, 5.41) is 3.55. The molecule has 0 spiro atoms. The number of anilines is 1. The highest BCUT2D eigenvalue weighted by Crippen LogP contribution is 2.22. The Kier molecular flexibility index (Phi) is 5.86. The van der Waals surface area contributed by atoms with Crippen LogP contribution in [-0.4, -0.2) is 0 Å². The van der Waals surface area contributed by atoms with E-state index in [1.165, 1.54) is 22.4 Å². The first-order valence-corrected chi connectivity index (χ1v) is 8.48. The Morgan fingerprint density at radius 3 is 2.29 bits per heavy atom. The Morgan fingerprint density at radius 1 is 1.00 bits per heavy atom. The third kappa shape index (κ3) is 4.89. The number of halogens is 1. The van der Waals surface area contributed by atoms with Crippen molar-refractivity contribution in [2.75, 3.05) is 5.32 Å². The first-order chi connectivity index (χ1) is 10.1. The van der Waals surface area contributed by atoms with Crippen molar-refractivity contribution in [2.24, 2.45) is 5.92 Å². The molecule has 0 aliphatic rings. The van der Waals surface area contributed by atoms with E-state index in [4.69, 9.17) is 0 Å². The molecule has 0 unspecified atom stereocenters. The number of hydrogen-bond acceptors (Lipinski definition) is 1. The average Bonchev–Trinajstić information content (AvgIpc) is 2.46. The zero-order valence-electron chi connectivity index (χ0n) is 13.1. The van der Waals surface area contributed by atoms with Crippen LogP contribution in [0.5, 0.6) is 0 Å². The van der Waals surface area contributed by atoms with Gasteiger partial charge in [-0.2, -0.15) is 0 Å². The van der Waals surface area contributed by atoms with Crippen LogP contribution in [0.2, 0.25) is 0 Å². The highest BCUT2D eigenvalue weighted by Gasteiger charge is 2.02. The quantitative estimate of drug-likeness (QED) is 0.695. The van der Waals surface area contributed by atoms with Gasteiger partial charge in [-0.15, -0.1) is 0 Å². The topological polar surface area (TPSA) is 12.0 Å². The van der Waals surface area contributed by atoms with Crippen LogP contribution in [0.3, 0.4) is 0 Å². The molecule has 0 amide bonds. The van der Waals surface area contributed by atoms with Crippen LogP contribution in [-0.2, 0) is 19.4 Å². The van der Waals surface area contributed by atoms with Gasteiger partial charge in [0, 0.05) is 16.7 Å². The van der Waals surface area contributed by atoms with Crippen molar-refractivity contribution in [1.29, 1.82) is 0 Å². The molecule has 0 fully saturated rings. The van der Waals surface area contributed by atoms with Gasteiger partial charge in [-0.3, -0.25) is 0 Å². The van der Waals surface area contributed by atoms with E-state index in [0.717, 1.165) is 23.9 Å². The van der Waals surface area contributed by atoms with E-state index in [0.29, 0.717) is 5.92 Å². The van der Waals surface area contributed by atoms with Crippen molar-refractivity contribution in [3.8, 4) is 0 Å². The molecule has 1 N–H and O–H groups in total. The molecule has 2 rings (SSSR count). The van der Waals surface area contributed by atoms with Gasteiger partial charge in [0.15, 0.2) is 0 Å². The van der Waals surface area contributed by atoms with E-state index >= 15 is 0 Å². The lowest BCUT2D eigenvalue weighted by atomic mass is 10.0. The second kappa shape index (κ2) is 7.65. The first-order valence-electron chi connectivity index (χ1n) is 7.68. The summed E-state index contributed by atoms with van der Waals surface area (Å²) in [6, 6.07) is 15.4. The van der Waals surface area contributed by atoms with Crippen LogP contribution >= 0.6 is 15.9 Å². The summed E-state index contributed by atoms with van der Waals surface area (Å²) in [5.41, 5.74) is 5.33. The maximum atomic E-state index is 3.55. The molecular formula is C19H24BrN. The summed E-state index contributed by atoms with van der Waals surface area (Å²) in [4.78, 5) is 0. The van der Waals surface area contributed by atoms with E-state index in [9.17, 15) is 0 Å². The Morgan fingerprint density at radius 2 is 1.67 bits per heavy atom. The van der Waals surface area contributed by atoms with E-state index in [1.54, 1.807) is 0 Å². The van der Waals surface area contributed by atoms with Crippen molar-refractivity contribution in [3.05, 3.63) is 63.6 Å². The third-order valence-corrected chi connectivity index (χ3v) is 4.09. The predicted octanol–water partition coefficient (Wildman–Crippen LogP) is 5.82. The number of aryl methyl sites for hydroxylation is 1. The monoisotopic (exact) mass is 345 g/mol. The van der Waals surface area contributed by atoms with Gasteiger partial charge in [0.05, 0.1) is 0 Å². The number of nitrogens with one attached hydrogen (secondary N) is 1. The molecule has 0 atom stereocenters. The van der Waals surface area contributed by atoms with E-state index in [-0.39, 0.29) is 0 Å². The molecule has 0 aromatic heterocycles. The number of rotatable bonds is 6. The summed E-state index contributed by atoms with van der Waals surface area (Å²) in [6.45, 7) is 7.58. The molecule has 2 heteroatoms. The molecule has 0 bridgehead atoms. The van der Waals surface area contributed by atoms with Gasteiger partial charge in [0.1, 0.15) is 0 Å². The fourth-order valence-electron chi connectivity index (χ4n) is 2.49. The largest absolute Gasteiger partial charge is 0.381 e. The lowest BCUT2D eigenvalue weighted by Gasteiger charge is -2.12. The van der Waals surface area contributed by atoms with Gasteiger partial charge in [-0.05, 0) is 53.6 Å². The molecule has 0 saturated heterocycles. The van der Waals surface area contributed by atoms with Crippen molar-refractivity contribution >= 4 is 21.6 Å². The zero-order valence-corrected chi connectivity index (χ0v) is 14.7. The number of benzene rings is 2. The maximum Gasteiger partial charge on any atom is 0.0400 e. The predicted molar refractivity (Wildman–Crippen MR) is 95.8 cm³/mol. The molecular weight excluding hydrogens is 322 g/mol.